The molecule has 1 N–H and O–H groups in total. The van der Waals surface area contributed by atoms with Crippen LogP contribution in [0.3, 0.4) is 0 Å². The molecule has 7 nitrogen and oxygen atoms in total. The highest BCUT2D eigenvalue weighted by molar-refractivity contribution is 5.89. The molecule has 0 spiro atoms. The van der Waals surface area contributed by atoms with Crippen LogP contribution in [0.5, 0.6) is 0 Å². The van der Waals surface area contributed by atoms with Crippen molar-refractivity contribution in [3.8, 4) is 0 Å². The number of carbonyl (C=O) groups excluding carboxylic acids is 1. The van der Waals surface area contributed by atoms with Crippen molar-refractivity contribution in [2.24, 2.45) is 0 Å². The van der Waals surface area contributed by atoms with Gasteiger partial charge in [0.15, 0.2) is 0 Å². The number of rotatable bonds is 5. The van der Waals surface area contributed by atoms with E-state index < -0.39 is 0 Å². The van der Waals surface area contributed by atoms with Gasteiger partial charge in [-0.25, -0.2) is 0 Å². The van der Waals surface area contributed by atoms with E-state index in [1.807, 2.05) is 0 Å². The smallest absolute Gasteiger partial charge is 0.295 e. The van der Waals surface area contributed by atoms with Gasteiger partial charge >= 0.3 is 0 Å². The summed E-state index contributed by atoms with van der Waals surface area (Å²) in [5.41, 5.74) is 0. The van der Waals surface area contributed by atoms with Crippen molar-refractivity contribution in [2.75, 3.05) is 27.3 Å². The zero-order valence-electron chi connectivity index (χ0n) is 8.23. The van der Waals surface area contributed by atoms with Gasteiger partial charge < -0.3 is 9.64 Å². The van der Waals surface area contributed by atoms with Crippen molar-refractivity contribution in [1.82, 2.24) is 25.5 Å². The van der Waals surface area contributed by atoms with Crippen LogP contribution in [0.1, 0.15) is 17.0 Å². The first-order valence-electron chi connectivity index (χ1n) is 4.23. The molecular formula is C7H13N5O2. The Kier molecular flexibility index (Phi) is 3.99. The normalized spacial score (nSPS) is 10.1. The molecule has 14 heavy (non-hydrogen) atoms. The number of aromatic nitrogens is 4. The van der Waals surface area contributed by atoms with Gasteiger partial charge in [0.2, 0.25) is 0 Å². The van der Waals surface area contributed by atoms with Crippen LogP contribution in [0.25, 0.3) is 0 Å². The van der Waals surface area contributed by atoms with E-state index in [2.05, 4.69) is 20.6 Å². The fourth-order valence-electron chi connectivity index (χ4n) is 0.971. The van der Waals surface area contributed by atoms with Crippen molar-refractivity contribution in [3.05, 3.63) is 5.82 Å². The van der Waals surface area contributed by atoms with Gasteiger partial charge in [-0.1, -0.05) is 0 Å². The predicted octanol–water partition coefficient (Wildman–Crippen LogP) is -0.692. The number of nitrogens with one attached hydrogen (secondary N) is 1. The lowest BCUT2D eigenvalue weighted by molar-refractivity contribution is 0.0767. The summed E-state index contributed by atoms with van der Waals surface area (Å²) < 4.78 is 4.87. The average Bonchev–Trinajstić information content (AvgIpc) is 2.69. The number of aromatic amines is 1. The van der Waals surface area contributed by atoms with E-state index in [0.717, 1.165) is 6.42 Å². The maximum Gasteiger partial charge on any atom is 0.295 e. The quantitative estimate of drug-likeness (QED) is 0.634. The molecule has 0 aliphatic heterocycles. The molecule has 0 aliphatic carbocycles. The van der Waals surface area contributed by atoms with Crippen molar-refractivity contribution in [1.29, 1.82) is 0 Å². The zero-order chi connectivity index (χ0) is 10.4. The summed E-state index contributed by atoms with van der Waals surface area (Å²) in [6.07, 6.45) is 0.788. The topological polar surface area (TPSA) is 84.0 Å². The molecule has 1 rings (SSSR count). The maximum absolute atomic E-state index is 11.5. The number of nitrogens with zero attached hydrogens (tertiary/aromatic N) is 4. The second kappa shape index (κ2) is 5.28. The van der Waals surface area contributed by atoms with Gasteiger partial charge in [0.1, 0.15) is 0 Å². The van der Waals surface area contributed by atoms with Crippen LogP contribution in [0.2, 0.25) is 0 Å². The SMILES string of the molecule is COCCCN(C)C(=O)c1nn[nH]n1. The third-order valence-electron chi connectivity index (χ3n) is 1.73. The molecule has 1 aromatic heterocycles. The molecule has 1 heterocycles. The number of H-pyrrole nitrogens is 1. The van der Waals surface area contributed by atoms with Gasteiger partial charge in [-0.05, 0) is 11.6 Å². The minimum Gasteiger partial charge on any atom is -0.385 e. The number of ether oxygens (including phenoxy) is 1. The van der Waals surface area contributed by atoms with Gasteiger partial charge in [-0.15, -0.1) is 10.2 Å². The Morgan fingerprint density at radius 1 is 1.64 bits per heavy atom. The first-order chi connectivity index (χ1) is 6.75. The zero-order valence-corrected chi connectivity index (χ0v) is 8.23. The lowest BCUT2D eigenvalue weighted by Crippen LogP contribution is -2.29. The average molecular weight is 199 g/mol. The van der Waals surface area contributed by atoms with Crippen LogP contribution in [-0.4, -0.2) is 58.7 Å². The molecule has 0 unspecified atom stereocenters. The third kappa shape index (κ3) is 2.77. The van der Waals surface area contributed by atoms with E-state index in [1.165, 1.54) is 4.90 Å². The number of tetrazole rings is 1. The fourth-order valence-corrected chi connectivity index (χ4v) is 0.971. The van der Waals surface area contributed by atoms with Crippen molar-refractivity contribution >= 4 is 5.91 Å². The van der Waals surface area contributed by atoms with Crippen LogP contribution in [-0.2, 0) is 4.74 Å². The molecule has 0 saturated carbocycles. The summed E-state index contributed by atoms with van der Waals surface area (Å²) in [7, 11) is 3.31. The molecule has 7 heteroatoms. The summed E-state index contributed by atoms with van der Waals surface area (Å²) in [5.74, 6) is -0.153. The van der Waals surface area contributed by atoms with E-state index in [4.69, 9.17) is 4.74 Å². The third-order valence-corrected chi connectivity index (χ3v) is 1.73. The molecule has 0 radical (unpaired) electrons. The summed E-state index contributed by atoms with van der Waals surface area (Å²) in [6.45, 7) is 1.24. The molecule has 0 fully saturated rings. The van der Waals surface area contributed by atoms with Crippen molar-refractivity contribution < 1.29 is 9.53 Å². The van der Waals surface area contributed by atoms with Gasteiger partial charge in [0.05, 0.1) is 0 Å². The number of methoxy groups -OCH3 is 1. The van der Waals surface area contributed by atoms with Crippen molar-refractivity contribution in [3.63, 3.8) is 0 Å². The van der Waals surface area contributed by atoms with Crippen molar-refractivity contribution in [2.45, 2.75) is 6.42 Å². The summed E-state index contributed by atoms with van der Waals surface area (Å²) >= 11 is 0. The second-order valence-corrected chi connectivity index (χ2v) is 2.81. The molecule has 0 aliphatic rings. The van der Waals surface area contributed by atoms with Gasteiger partial charge in [-0.2, -0.15) is 5.21 Å². The fraction of sp³-hybridized carbons (Fsp3) is 0.714. The molecular weight excluding hydrogens is 186 g/mol. The Balaban J connectivity index is 2.37. The van der Waals surface area contributed by atoms with E-state index in [0.29, 0.717) is 13.2 Å². The molecule has 0 saturated heterocycles. The Morgan fingerprint density at radius 3 is 3.00 bits per heavy atom. The van der Waals surface area contributed by atoms with E-state index in [1.54, 1.807) is 14.2 Å². The Labute approximate surface area is 81.4 Å². The molecule has 1 amide bonds. The van der Waals surface area contributed by atoms with Gasteiger partial charge in [-0.3, -0.25) is 4.79 Å². The van der Waals surface area contributed by atoms with Gasteiger partial charge in [0, 0.05) is 27.3 Å². The maximum atomic E-state index is 11.5. The summed E-state index contributed by atoms with van der Waals surface area (Å²) in [6, 6.07) is 0. The molecule has 1 aromatic rings. The first kappa shape index (κ1) is 10.6. The Morgan fingerprint density at radius 2 is 2.43 bits per heavy atom. The highest BCUT2D eigenvalue weighted by atomic mass is 16.5. The number of carbonyl (C=O) groups is 1. The Bertz CT molecular complexity index is 274. The molecule has 78 valence electrons. The largest absolute Gasteiger partial charge is 0.385 e. The van der Waals surface area contributed by atoms with Gasteiger partial charge in [0.25, 0.3) is 11.7 Å². The highest BCUT2D eigenvalue weighted by Gasteiger charge is 2.15. The van der Waals surface area contributed by atoms with E-state index in [-0.39, 0.29) is 11.7 Å². The first-order valence-corrected chi connectivity index (χ1v) is 4.23. The van der Waals surface area contributed by atoms with E-state index >= 15 is 0 Å². The molecule has 0 atom stereocenters. The van der Waals surface area contributed by atoms with Crippen LogP contribution >= 0.6 is 0 Å². The lowest BCUT2D eigenvalue weighted by Gasteiger charge is -2.13. The Hall–Kier alpha value is -1.50. The molecule has 0 aromatic carbocycles. The van der Waals surface area contributed by atoms with Crippen LogP contribution in [0.15, 0.2) is 0 Å². The number of amides is 1. The summed E-state index contributed by atoms with van der Waals surface area (Å²) in [4.78, 5) is 13.0. The highest BCUT2D eigenvalue weighted by Crippen LogP contribution is 1.95. The van der Waals surface area contributed by atoms with Crippen LogP contribution in [0, 0.1) is 0 Å². The predicted molar refractivity (Wildman–Crippen MR) is 47.6 cm³/mol. The number of hydrogen-bond acceptors (Lipinski definition) is 5. The summed E-state index contributed by atoms with van der Waals surface area (Å²) in [5, 5.41) is 12.7. The monoisotopic (exact) mass is 199 g/mol. The van der Waals surface area contributed by atoms with Crippen LogP contribution in [0.4, 0.5) is 0 Å². The lowest BCUT2D eigenvalue weighted by atomic mass is 10.4. The number of hydrogen-bond donors (Lipinski definition) is 1. The standard InChI is InChI=1S/C7H13N5O2/c1-12(4-3-5-14-2)7(13)6-8-10-11-9-6/h3-5H2,1-2H3,(H,8,9,10,11). The van der Waals surface area contributed by atoms with E-state index in [9.17, 15) is 4.79 Å². The molecule has 0 bridgehead atoms. The van der Waals surface area contributed by atoms with Crippen LogP contribution < -0.4 is 0 Å². The second-order valence-electron chi connectivity index (χ2n) is 2.81. The minimum atomic E-state index is -0.241. The minimum absolute atomic E-state index is 0.0879.